The highest BCUT2D eigenvalue weighted by Gasteiger charge is 2.16. The number of hydrogen-bond donors (Lipinski definition) is 1. The maximum absolute atomic E-state index is 12.0. The molecule has 0 saturated heterocycles. The van der Waals surface area contributed by atoms with Gasteiger partial charge >= 0.3 is 5.69 Å². The lowest BCUT2D eigenvalue weighted by Crippen LogP contribution is -2.27. The smallest absolute Gasteiger partial charge is 0.330 e. The lowest BCUT2D eigenvalue weighted by atomic mass is 10.1. The molecule has 0 radical (unpaired) electrons. The maximum atomic E-state index is 12.0. The van der Waals surface area contributed by atoms with Crippen molar-refractivity contribution in [2.75, 3.05) is 0 Å². The number of aryl methyl sites for hydroxylation is 2. The van der Waals surface area contributed by atoms with Crippen molar-refractivity contribution >= 4 is 11.2 Å². The highest BCUT2D eigenvalue weighted by Crippen LogP contribution is 2.13. The fraction of sp³-hybridized carbons (Fsp3) is 0.500. The van der Waals surface area contributed by atoms with Crippen LogP contribution in [0, 0.1) is 0 Å². The van der Waals surface area contributed by atoms with Gasteiger partial charge in [0, 0.05) is 19.8 Å². The summed E-state index contributed by atoms with van der Waals surface area (Å²) in [5.41, 5.74) is 0.615. The third-order valence-electron chi connectivity index (χ3n) is 2.84. The van der Waals surface area contributed by atoms with E-state index in [-0.39, 0.29) is 5.69 Å². The van der Waals surface area contributed by atoms with Crippen molar-refractivity contribution in [2.24, 2.45) is 7.05 Å². The van der Waals surface area contributed by atoms with Crippen LogP contribution in [0.1, 0.15) is 20.3 Å². The Morgan fingerprint density at radius 2 is 2.18 bits per heavy atom. The van der Waals surface area contributed by atoms with Crippen molar-refractivity contribution in [1.29, 1.82) is 0 Å². The maximum Gasteiger partial charge on any atom is 0.330 e. The van der Waals surface area contributed by atoms with Crippen LogP contribution in [-0.4, -0.2) is 24.8 Å². The lowest BCUT2D eigenvalue weighted by molar-refractivity contribution is 0.0662. The van der Waals surface area contributed by atoms with Gasteiger partial charge in [0.25, 0.3) is 0 Å². The first-order chi connectivity index (χ1) is 7.90. The predicted octanol–water partition coefficient (Wildman–Crippen LogP) is 0.896. The lowest BCUT2D eigenvalue weighted by Gasteiger charge is -2.16. The van der Waals surface area contributed by atoms with Crippen molar-refractivity contribution in [3.8, 4) is 0 Å². The van der Waals surface area contributed by atoms with Crippen LogP contribution in [-0.2, 0) is 13.6 Å². The van der Waals surface area contributed by atoms with Gasteiger partial charge in [0.2, 0.25) is 0 Å². The summed E-state index contributed by atoms with van der Waals surface area (Å²) >= 11 is 0. The van der Waals surface area contributed by atoms with Gasteiger partial charge in [-0.2, -0.15) is 0 Å². The second kappa shape index (κ2) is 4.00. The number of fused-ring (bicyclic) bond motifs is 1. The van der Waals surface area contributed by atoms with Crippen molar-refractivity contribution < 1.29 is 5.11 Å². The molecule has 17 heavy (non-hydrogen) atoms. The number of aliphatic hydroxyl groups is 1. The molecule has 2 aromatic rings. The molecule has 0 bridgehead atoms. The standard InChI is InChI=1S/C12H17N3O2/c1-12(2,17)6-8-15-9-5-4-7-13-10(9)14(3)11(15)16/h4-5,7,17H,6,8H2,1-3H3. The Bertz CT molecular complexity index is 590. The summed E-state index contributed by atoms with van der Waals surface area (Å²) in [4.78, 5) is 16.2. The zero-order valence-corrected chi connectivity index (χ0v) is 10.3. The summed E-state index contributed by atoms with van der Waals surface area (Å²) in [6.45, 7) is 3.97. The molecule has 0 unspecified atom stereocenters. The molecule has 0 aliphatic heterocycles. The second-order valence-electron chi connectivity index (χ2n) is 4.90. The third kappa shape index (κ3) is 2.24. The molecule has 5 heteroatoms. The molecule has 0 atom stereocenters. The van der Waals surface area contributed by atoms with Crippen molar-refractivity contribution in [2.45, 2.75) is 32.4 Å². The molecule has 0 saturated carbocycles. The van der Waals surface area contributed by atoms with Crippen molar-refractivity contribution in [3.05, 3.63) is 28.8 Å². The number of rotatable bonds is 3. The predicted molar refractivity (Wildman–Crippen MR) is 65.9 cm³/mol. The number of imidazole rings is 1. The average molecular weight is 235 g/mol. The van der Waals surface area contributed by atoms with Crippen LogP contribution >= 0.6 is 0 Å². The van der Waals surface area contributed by atoms with Gasteiger partial charge in [-0.1, -0.05) is 0 Å². The molecule has 2 rings (SSSR count). The van der Waals surface area contributed by atoms with E-state index in [0.29, 0.717) is 18.6 Å². The molecule has 0 aliphatic rings. The molecule has 0 spiro atoms. The summed E-state index contributed by atoms with van der Waals surface area (Å²) in [5, 5.41) is 9.71. The minimum atomic E-state index is -0.774. The highest BCUT2D eigenvalue weighted by molar-refractivity contribution is 5.71. The fourth-order valence-electron chi connectivity index (χ4n) is 1.83. The summed E-state index contributed by atoms with van der Waals surface area (Å²) in [6, 6.07) is 3.68. The molecule has 1 N–H and O–H groups in total. The zero-order valence-electron chi connectivity index (χ0n) is 10.3. The van der Waals surface area contributed by atoms with Gasteiger partial charge in [-0.3, -0.25) is 9.13 Å². The number of hydrogen-bond acceptors (Lipinski definition) is 3. The monoisotopic (exact) mass is 235 g/mol. The second-order valence-corrected chi connectivity index (χ2v) is 4.90. The third-order valence-corrected chi connectivity index (χ3v) is 2.84. The van der Waals surface area contributed by atoms with Crippen LogP contribution in [0.25, 0.3) is 11.2 Å². The molecule has 92 valence electrons. The Morgan fingerprint density at radius 1 is 1.47 bits per heavy atom. The quantitative estimate of drug-likeness (QED) is 0.859. The Labute approximate surface area is 99.3 Å². The summed E-state index contributed by atoms with van der Waals surface area (Å²) in [7, 11) is 1.71. The van der Waals surface area contributed by atoms with E-state index in [9.17, 15) is 9.90 Å². The first-order valence-corrected chi connectivity index (χ1v) is 5.63. The van der Waals surface area contributed by atoms with Crippen molar-refractivity contribution in [3.63, 3.8) is 0 Å². The summed E-state index contributed by atoms with van der Waals surface area (Å²) < 4.78 is 3.18. The van der Waals surface area contributed by atoms with Gasteiger partial charge < -0.3 is 5.11 Å². The SMILES string of the molecule is Cn1c(=O)n(CCC(C)(C)O)c2cccnc21. The molecule has 5 nitrogen and oxygen atoms in total. The van der Waals surface area contributed by atoms with Gasteiger partial charge in [0.15, 0.2) is 5.65 Å². The molecule has 0 amide bonds. The average Bonchev–Trinajstić information content (AvgIpc) is 2.49. The Morgan fingerprint density at radius 3 is 2.82 bits per heavy atom. The van der Waals surface area contributed by atoms with E-state index in [2.05, 4.69) is 4.98 Å². The van der Waals surface area contributed by atoms with Crippen LogP contribution < -0.4 is 5.69 Å². The van der Waals surface area contributed by atoms with Crippen LogP contribution in [0.4, 0.5) is 0 Å². The van der Waals surface area contributed by atoms with Gasteiger partial charge in [-0.25, -0.2) is 9.78 Å². The van der Waals surface area contributed by atoms with E-state index in [0.717, 1.165) is 5.52 Å². The van der Waals surface area contributed by atoms with Gasteiger partial charge in [0.1, 0.15) is 0 Å². The van der Waals surface area contributed by atoms with Crippen LogP contribution in [0.5, 0.6) is 0 Å². The van der Waals surface area contributed by atoms with E-state index in [1.54, 1.807) is 31.7 Å². The summed E-state index contributed by atoms with van der Waals surface area (Å²) in [6.07, 6.45) is 2.20. The van der Waals surface area contributed by atoms with Crippen LogP contribution in [0.2, 0.25) is 0 Å². The largest absolute Gasteiger partial charge is 0.390 e. The number of aromatic nitrogens is 3. The van der Waals surface area contributed by atoms with Gasteiger partial charge in [-0.15, -0.1) is 0 Å². The molecule has 0 aliphatic carbocycles. The zero-order chi connectivity index (χ0) is 12.6. The minimum absolute atomic E-state index is 0.0945. The Hall–Kier alpha value is -1.62. The topological polar surface area (TPSA) is 60.0 Å². The first-order valence-electron chi connectivity index (χ1n) is 5.63. The normalized spacial score (nSPS) is 12.2. The molecule has 2 heterocycles. The van der Waals surface area contributed by atoms with Crippen LogP contribution in [0.15, 0.2) is 23.1 Å². The molecular formula is C12H17N3O2. The van der Waals surface area contributed by atoms with E-state index in [1.807, 2.05) is 12.1 Å². The summed E-state index contributed by atoms with van der Waals surface area (Å²) in [5.74, 6) is 0. The molecule has 0 fully saturated rings. The Balaban J connectivity index is 2.47. The first kappa shape index (κ1) is 11.9. The Kier molecular flexibility index (Phi) is 2.79. The molecule has 0 aromatic carbocycles. The molecule has 2 aromatic heterocycles. The van der Waals surface area contributed by atoms with Crippen LogP contribution in [0.3, 0.4) is 0 Å². The minimum Gasteiger partial charge on any atom is -0.390 e. The van der Waals surface area contributed by atoms with Gasteiger partial charge in [0.05, 0.1) is 11.1 Å². The van der Waals surface area contributed by atoms with E-state index < -0.39 is 5.60 Å². The van der Waals surface area contributed by atoms with Gasteiger partial charge in [-0.05, 0) is 32.4 Å². The van der Waals surface area contributed by atoms with E-state index in [1.165, 1.54) is 4.57 Å². The molecular weight excluding hydrogens is 218 g/mol. The number of pyridine rings is 1. The highest BCUT2D eigenvalue weighted by atomic mass is 16.3. The number of nitrogens with zero attached hydrogens (tertiary/aromatic N) is 3. The van der Waals surface area contributed by atoms with E-state index >= 15 is 0 Å². The van der Waals surface area contributed by atoms with E-state index in [4.69, 9.17) is 0 Å². The van der Waals surface area contributed by atoms with Crippen molar-refractivity contribution in [1.82, 2.24) is 14.1 Å². The fourth-order valence-corrected chi connectivity index (χ4v) is 1.83.